The third-order valence-corrected chi connectivity index (χ3v) is 6.16. The summed E-state index contributed by atoms with van der Waals surface area (Å²) in [4.78, 5) is 29.5. The van der Waals surface area contributed by atoms with E-state index in [1.54, 1.807) is 17.4 Å². The molecule has 0 spiro atoms. The van der Waals surface area contributed by atoms with Crippen molar-refractivity contribution in [2.24, 2.45) is 0 Å². The first-order valence-corrected chi connectivity index (χ1v) is 10.2. The summed E-state index contributed by atoms with van der Waals surface area (Å²) in [5.74, 6) is 0.788. The number of hydrogen-bond acceptors (Lipinski definition) is 7. The Labute approximate surface area is 167 Å². The number of pyridine rings is 1. The zero-order chi connectivity index (χ0) is 19.5. The molecule has 1 N–H and O–H groups in total. The van der Waals surface area contributed by atoms with Crippen LogP contribution in [0.3, 0.4) is 0 Å². The fraction of sp³-hybridized carbons (Fsp3) is 0.400. The van der Waals surface area contributed by atoms with E-state index < -0.39 is 0 Å². The predicted octanol–water partition coefficient (Wildman–Crippen LogP) is 2.91. The van der Waals surface area contributed by atoms with Crippen LogP contribution in [0.4, 0.5) is 5.82 Å². The molecule has 1 unspecified atom stereocenters. The lowest BCUT2D eigenvalue weighted by molar-refractivity contribution is 0.0800. The number of hydrogen-bond donors (Lipinski definition) is 1. The SMILES string of the molecule is Cc1c(C(=O)N(C)CCc2ccccn2)sc2ncnc(NC3CCOC3)c12. The van der Waals surface area contributed by atoms with Crippen LogP contribution in [-0.2, 0) is 11.2 Å². The lowest BCUT2D eigenvalue weighted by Gasteiger charge is -2.16. The van der Waals surface area contributed by atoms with Crippen LogP contribution in [0.1, 0.15) is 27.3 Å². The summed E-state index contributed by atoms with van der Waals surface area (Å²) in [5.41, 5.74) is 1.91. The van der Waals surface area contributed by atoms with E-state index in [1.807, 2.05) is 32.2 Å². The first-order valence-electron chi connectivity index (χ1n) is 9.37. The van der Waals surface area contributed by atoms with Gasteiger partial charge in [-0.2, -0.15) is 0 Å². The van der Waals surface area contributed by atoms with Crippen LogP contribution in [0.2, 0.25) is 0 Å². The van der Waals surface area contributed by atoms with Gasteiger partial charge in [0, 0.05) is 38.5 Å². The minimum Gasteiger partial charge on any atom is -0.379 e. The van der Waals surface area contributed by atoms with Gasteiger partial charge in [0.05, 0.1) is 22.9 Å². The van der Waals surface area contributed by atoms with Crippen molar-refractivity contribution in [3.8, 4) is 0 Å². The Bertz CT molecular complexity index is 969. The molecule has 0 aromatic carbocycles. The Morgan fingerprint density at radius 3 is 3.00 bits per heavy atom. The molecular weight excluding hydrogens is 374 g/mol. The molecule has 1 fully saturated rings. The van der Waals surface area contributed by atoms with Crippen molar-refractivity contribution in [1.29, 1.82) is 0 Å². The fourth-order valence-corrected chi connectivity index (χ4v) is 4.47. The summed E-state index contributed by atoms with van der Waals surface area (Å²) in [6.45, 7) is 4.02. The van der Waals surface area contributed by atoms with E-state index in [2.05, 4.69) is 20.3 Å². The molecule has 0 radical (unpaired) electrons. The van der Waals surface area contributed by atoms with E-state index in [0.717, 1.165) is 46.7 Å². The second-order valence-corrected chi connectivity index (χ2v) is 7.96. The van der Waals surface area contributed by atoms with Crippen LogP contribution in [0.15, 0.2) is 30.7 Å². The van der Waals surface area contributed by atoms with E-state index >= 15 is 0 Å². The maximum absolute atomic E-state index is 13.0. The van der Waals surface area contributed by atoms with Crippen LogP contribution >= 0.6 is 11.3 Å². The Kier molecular flexibility index (Phi) is 5.50. The number of likely N-dealkylation sites (N-methyl/N-ethyl adjacent to an activating group) is 1. The molecule has 1 aliphatic rings. The molecule has 7 nitrogen and oxygen atoms in total. The van der Waals surface area contributed by atoms with Gasteiger partial charge in [0.2, 0.25) is 0 Å². The molecule has 1 atom stereocenters. The molecule has 4 heterocycles. The highest BCUT2D eigenvalue weighted by Gasteiger charge is 2.23. The number of fused-ring (bicyclic) bond motifs is 1. The topological polar surface area (TPSA) is 80.2 Å². The number of nitrogens with one attached hydrogen (secondary N) is 1. The van der Waals surface area contributed by atoms with Gasteiger partial charge in [-0.05, 0) is 31.0 Å². The van der Waals surface area contributed by atoms with E-state index in [1.165, 1.54) is 11.3 Å². The van der Waals surface area contributed by atoms with E-state index in [-0.39, 0.29) is 11.9 Å². The van der Waals surface area contributed by atoms with Crippen LogP contribution in [0.5, 0.6) is 0 Å². The number of ether oxygens (including phenoxy) is 1. The fourth-order valence-electron chi connectivity index (χ4n) is 3.33. The highest BCUT2D eigenvalue weighted by Crippen LogP contribution is 2.34. The molecule has 1 saturated heterocycles. The number of thiophene rings is 1. The molecule has 3 aromatic rings. The second kappa shape index (κ2) is 8.20. The van der Waals surface area contributed by atoms with Gasteiger partial charge in [-0.3, -0.25) is 9.78 Å². The minimum atomic E-state index is 0.00609. The minimum absolute atomic E-state index is 0.00609. The number of carbonyl (C=O) groups is 1. The maximum Gasteiger partial charge on any atom is 0.264 e. The van der Waals surface area contributed by atoms with Gasteiger partial charge in [0.1, 0.15) is 17.0 Å². The third kappa shape index (κ3) is 3.83. The highest BCUT2D eigenvalue weighted by molar-refractivity contribution is 7.20. The summed E-state index contributed by atoms with van der Waals surface area (Å²) in [6.07, 6.45) is 5.00. The average molecular weight is 398 g/mol. The number of rotatable bonds is 6. The molecular formula is C20H23N5O2S. The Morgan fingerprint density at radius 1 is 1.36 bits per heavy atom. The maximum atomic E-state index is 13.0. The van der Waals surface area contributed by atoms with Crippen LogP contribution in [0.25, 0.3) is 10.2 Å². The normalized spacial score (nSPS) is 16.4. The summed E-state index contributed by atoms with van der Waals surface area (Å²) in [5, 5.41) is 4.38. The molecule has 146 valence electrons. The van der Waals surface area contributed by atoms with Crippen LogP contribution in [-0.4, -0.2) is 58.6 Å². The molecule has 0 aliphatic carbocycles. The van der Waals surface area contributed by atoms with Crippen molar-refractivity contribution >= 4 is 33.3 Å². The Morgan fingerprint density at radius 2 is 2.25 bits per heavy atom. The summed E-state index contributed by atoms with van der Waals surface area (Å²) >= 11 is 1.42. The van der Waals surface area contributed by atoms with E-state index in [4.69, 9.17) is 4.74 Å². The van der Waals surface area contributed by atoms with Gasteiger partial charge in [0.15, 0.2) is 0 Å². The van der Waals surface area contributed by atoms with Crippen molar-refractivity contribution in [3.63, 3.8) is 0 Å². The standard InChI is InChI=1S/C20H23N5O2S/c1-13-16-18(24-15-7-10-27-11-15)22-12-23-19(16)28-17(13)20(26)25(2)9-6-14-5-3-4-8-21-14/h3-5,8,12,15H,6-7,9-11H2,1-2H3,(H,22,23,24). The van der Waals surface area contributed by atoms with Crippen LogP contribution < -0.4 is 5.32 Å². The zero-order valence-electron chi connectivity index (χ0n) is 16.0. The number of amides is 1. The molecule has 1 amide bonds. The summed E-state index contributed by atoms with van der Waals surface area (Å²) < 4.78 is 5.44. The molecule has 0 bridgehead atoms. The Hall–Kier alpha value is -2.58. The first-order chi connectivity index (χ1) is 13.6. The van der Waals surface area contributed by atoms with E-state index in [9.17, 15) is 4.79 Å². The predicted molar refractivity (Wildman–Crippen MR) is 110 cm³/mol. The van der Waals surface area contributed by atoms with Crippen molar-refractivity contribution in [3.05, 3.63) is 46.9 Å². The molecule has 0 saturated carbocycles. The average Bonchev–Trinajstić information content (AvgIpc) is 3.35. The van der Waals surface area contributed by atoms with Crippen molar-refractivity contribution in [1.82, 2.24) is 19.9 Å². The molecule has 8 heteroatoms. The molecule has 1 aliphatic heterocycles. The van der Waals surface area contributed by atoms with Crippen molar-refractivity contribution < 1.29 is 9.53 Å². The largest absolute Gasteiger partial charge is 0.379 e. The van der Waals surface area contributed by atoms with Crippen molar-refractivity contribution in [2.45, 2.75) is 25.8 Å². The first kappa shape index (κ1) is 18.8. The number of aryl methyl sites for hydroxylation is 1. The number of nitrogens with zero attached hydrogens (tertiary/aromatic N) is 4. The van der Waals surface area contributed by atoms with Gasteiger partial charge in [-0.25, -0.2) is 9.97 Å². The molecule has 4 rings (SSSR count). The van der Waals surface area contributed by atoms with Gasteiger partial charge in [0.25, 0.3) is 5.91 Å². The summed E-state index contributed by atoms with van der Waals surface area (Å²) in [6, 6.07) is 6.08. The van der Waals surface area contributed by atoms with Gasteiger partial charge in [-0.15, -0.1) is 11.3 Å². The number of carbonyl (C=O) groups excluding carboxylic acids is 1. The number of anilines is 1. The number of aromatic nitrogens is 3. The van der Waals surface area contributed by atoms with Gasteiger partial charge in [-0.1, -0.05) is 6.07 Å². The lowest BCUT2D eigenvalue weighted by atomic mass is 10.1. The van der Waals surface area contributed by atoms with E-state index in [0.29, 0.717) is 18.0 Å². The second-order valence-electron chi connectivity index (χ2n) is 6.96. The smallest absolute Gasteiger partial charge is 0.264 e. The lowest BCUT2D eigenvalue weighted by Crippen LogP contribution is -2.28. The molecule has 3 aromatic heterocycles. The Balaban J connectivity index is 1.54. The highest BCUT2D eigenvalue weighted by atomic mass is 32.1. The van der Waals surface area contributed by atoms with Gasteiger partial charge >= 0.3 is 0 Å². The monoisotopic (exact) mass is 397 g/mol. The van der Waals surface area contributed by atoms with Crippen LogP contribution in [0, 0.1) is 6.92 Å². The molecule has 28 heavy (non-hydrogen) atoms. The van der Waals surface area contributed by atoms with Crippen molar-refractivity contribution in [2.75, 3.05) is 32.1 Å². The third-order valence-electron chi connectivity index (χ3n) is 4.97. The zero-order valence-corrected chi connectivity index (χ0v) is 16.8. The quantitative estimate of drug-likeness (QED) is 0.689. The van der Waals surface area contributed by atoms with Gasteiger partial charge < -0.3 is 15.0 Å². The summed E-state index contributed by atoms with van der Waals surface area (Å²) in [7, 11) is 1.83.